The van der Waals surface area contributed by atoms with E-state index in [-0.39, 0.29) is 0 Å². The Hall–Kier alpha value is -1.06. The van der Waals surface area contributed by atoms with Crippen molar-refractivity contribution in [3.05, 3.63) is 28.3 Å². The van der Waals surface area contributed by atoms with Gasteiger partial charge in [-0.05, 0) is 49.6 Å². The fraction of sp³-hybridized carbons (Fsp3) is 0.600. The second-order valence-corrected chi connectivity index (χ2v) is 4.67. The molecule has 0 unspecified atom stereocenters. The lowest BCUT2D eigenvalue weighted by molar-refractivity contribution is 0.408. The molecule has 0 atom stereocenters. The molecule has 0 aliphatic heterocycles. The van der Waals surface area contributed by atoms with Gasteiger partial charge in [-0.2, -0.15) is 0 Å². The van der Waals surface area contributed by atoms with Crippen LogP contribution >= 0.6 is 0 Å². The molecular weight excluding hydrogens is 224 g/mol. The van der Waals surface area contributed by atoms with Crippen molar-refractivity contribution >= 4 is 0 Å². The van der Waals surface area contributed by atoms with Crippen LogP contribution in [0.25, 0.3) is 0 Å². The molecule has 102 valence electrons. The maximum Gasteiger partial charge on any atom is 0.124 e. The summed E-state index contributed by atoms with van der Waals surface area (Å²) in [5, 5.41) is 6.77. The van der Waals surface area contributed by atoms with Gasteiger partial charge in [0.2, 0.25) is 0 Å². The lowest BCUT2D eigenvalue weighted by Gasteiger charge is -2.16. The summed E-state index contributed by atoms with van der Waals surface area (Å²) in [7, 11) is 1.74. The number of hydrogen-bond acceptors (Lipinski definition) is 3. The molecule has 3 heteroatoms. The van der Waals surface area contributed by atoms with E-state index in [2.05, 4.69) is 44.4 Å². The minimum absolute atomic E-state index is 0.920. The number of benzene rings is 1. The predicted octanol–water partition coefficient (Wildman–Crippen LogP) is 2.32. The smallest absolute Gasteiger partial charge is 0.124 e. The van der Waals surface area contributed by atoms with Crippen LogP contribution in [-0.4, -0.2) is 26.7 Å². The van der Waals surface area contributed by atoms with Crippen LogP contribution in [0.4, 0.5) is 0 Å². The number of rotatable bonds is 7. The highest BCUT2D eigenvalue weighted by Gasteiger charge is 2.09. The van der Waals surface area contributed by atoms with Gasteiger partial charge in [0.25, 0.3) is 0 Å². The molecule has 18 heavy (non-hydrogen) atoms. The van der Waals surface area contributed by atoms with Gasteiger partial charge in [0, 0.05) is 19.6 Å². The van der Waals surface area contributed by atoms with E-state index in [4.69, 9.17) is 4.74 Å². The van der Waals surface area contributed by atoms with Crippen LogP contribution in [0, 0.1) is 20.8 Å². The van der Waals surface area contributed by atoms with Gasteiger partial charge in [0.05, 0.1) is 7.11 Å². The second kappa shape index (κ2) is 7.39. The van der Waals surface area contributed by atoms with Crippen LogP contribution in [-0.2, 0) is 6.54 Å². The second-order valence-electron chi connectivity index (χ2n) is 4.67. The molecule has 0 spiro atoms. The first-order chi connectivity index (χ1) is 8.61. The lowest BCUT2D eigenvalue weighted by atomic mass is 9.98. The third-order valence-corrected chi connectivity index (χ3v) is 3.38. The summed E-state index contributed by atoms with van der Waals surface area (Å²) < 4.78 is 5.44. The summed E-state index contributed by atoms with van der Waals surface area (Å²) in [6.07, 6.45) is 0. The topological polar surface area (TPSA) is 33.3 Å². The third kappa shape index (κ3) is 3.72. The standard InChI is InChI=1S/C15H26N2O/c1-6-16-7-8-17-10-14-9-11(2)15(18-5)13(4)12(14)3/h9,16-17H,6-8,10H2,1-5H3. The average Bonchev–Trinajstić information content (AvgIpc) is 2.35. The van der Waals surface area contributed by atoms with Crippen molar-refractivity contribution < 1.29 is 4.74 Å². The Morgan fingerprint density at radius 3 is 2.33 bits per heavy atom. The first-order valence-electron chi connectivity index (χ1n) is 6.66. The van der Waals surface area contributed by atoms with Crippen molar-refractivity contribution in [2.45, 2.75) is 34.2 Å². The Balaban J connectivity index is 2.66. The van der Waals surface area contributed by atoms with Crippen LogP contribution in [0.1, 0.15) is 29.2 Å². The highest BCUT2D eigenvalue weighted by molar-refractivity contribution is 5.48. The minimum Gasteiger partial charge on any atom is -0.496 e. The molecule has 0 aromatic heterocycles. The summed E-state index contributed by atoms with van der Waals surface area (Å²) in [6, 6.07) is 2.22. The molecule has 0 saturated heterocycles. The molecule has 0 heterocycles. The number of ether oxygens (including phenoxy) is 1. The highest BCUT2D eigenvalue weighted by atomic mass is 16.5. The first kappa shape index (κ1) is 15.0. The maximum absolute atomic E-state index is 5.44. The summed E-state index contributed by atoms with van der Waals surface area (Å²) in [4.78, 5) is 0. The van der Waals surface area contributed by atoms with Crippen molar-refractivity contribution in [2.75, 3.05) is 26.7 Å². The van der Waals surface area contributed by atoms with Crippen molar-refractivity contribution in [3.8, 4) is 5.75 Å². The van der Waals surface area contributed by atoms with Gasteiger partial charge in [-0.3, -0.25) is 0 Å². The third-order valence-electron chi connectivity index (χ3n) is 3.38. The summed E-state index contributed by atoms with van der Waals surface area (Å²) in [5.74, 6) is 1.02. The van der Waals surface area contributed by atoms with E-state index >= 15 is 0 Å². The van der Waals surface area contributed by atoms with Gasteiger partial charge >= 0.3 is 0 Å². The molecule has 0 aliphatic rings. The van der Waals surface area contributed by atoms with E-state index in [0.29, 0.717) is 0 Å². The number of methoxy groups -OCH3 is 1. The summed E-state index contributed by atoms with van der Waals surface area (Å²) in [6.45, 7) is 12.5. The van der Waals surface area contributed by atoms with Gasteiger partial charge in [0.1, 0.15) is 5.75 Å². The average molecular weight is 250 g/mol. The van der Waals surface area contributed by atoms with Crippen molar-refractivity contribution in [1.82, 2.24) is 10.6 Å². The van der Waals surface area contributed by atoms with E-state index in [1.165, 1.54) is 22.3 Å². The summed E-state index contributed by atoms with van der Waals surface area (Å²) in [5.41, 5.74) is 5.15. The Morgan fingerprint density at radius 1 is 1.06 bits per heavy atom. The Bertz CT molecular complexity index is 389. The Kier molecular flexibility index (Phi) is 6.16. The predicted molar refractivity (Wildman–Crippen MR) is 77.5 cm³/mol. The fourth-order valence-electron chi connectivity index (χ4n) is 2.22. The molecule has 1 rings (SSSR count). The zero-order valence-electron chi connectivity index (χ0n) is 12.3. The van der Waals surface area contributed by atoms with Gasteiger partial charge in [-0.25, -0.2) is 0 Å². The molecule has 0 radical (unpaired) electrons. The SMILES string of the molecule is CCNCCNCc1cc(C)c(OC)c(C)c1C. The zero-order chi connectivity index (χ0) is 13.5. The van der Waals surface area contributed by atoms with E-state index in [0.717, 1.165) is 31.9 Å². The molecule has 0 saturated carbocycles. The van der Waals surface area contributed by atoms with Crippen LogP contribution in [0.15, 0.2) is 6.07 Å². The zero-order valence-corrected chi connectivity index (χ0v) is 12.3. The number of hydrogen-bond donors (Lipinski definition) is 2. The van der Waals surface area contributed by atoms with Gasteiger partial charge in [0.15, 0.2) is 0 Å². The van der Waals surface area contributed by atoms with Crippen molar-refractivity contribution in [3.63, 3.8) is 0 Å². The first-order valence-corrected chi connectivity index (χ1v) is 6.66. The molecule has 2 N–H and O–H groups in total. The number of aryl methyl sites for hydroxylation is 1. The Morgan fingerprint density at radius 2 is 1.72 bits per heavy atom. The summed E-state index contributed by atoms with van der Waals surface area (Å²) >= 11 is 0. The molecule has 0 amide bonds. The van der Waals surface area contributed by atoms with Gasteiger partial charge in [-0.15, -0.1) is 0 Å². The van der Waals surface area contributed by atoms with Crippen LogP contribution in [0.2, 0.25) is 0 Å². The lowest BCUT2D eigenvalue weighted by Crippen LogP contribution is -2.27. The quantitative estimate of drug-likeness (QED) is 0.729. The molecule has 3 nitrogen and oxygen atoms in total. The minimum atomic E-state index is 0.920. The number of nitrogens with one attached hydrogen (secondary N) is 2. The van der Waals surface area contributed by atoms with Crippen molar-refractivity contribution in [1.29, 1.82) is 0 Å². The van der Waals surface area contributed by atoms with Gasteiger partial charge < -0.3 is 15.4 Å². The molecule has 0 fully saturated rings. The highest BCUT2D eigenvalue weighted by Crippen LogP contribution is 2.28. The monoisotopic (exact) mass is 250 g/mol. The van der Waals surface area contributed by atoms with Crippen LogP contribution in [0.3, 0.4) is 0 Å². The Labute approximate surface area is 111 Å². The largest absolute Gasteiger partial charge is 0.496 e. The van der Waals surface area contributed by atoms with E-state index in [9.17, 15) is 0 Å². The van der Waals surface area contributed by atoms with Crippen LogP contribution in [0.5, 0.6) is 5.75 Å². The van der Waals surface area contributed by atoms with Crippen LogP contribution < -0.4 is 15.4 Å². The molecule has 1 aromatic rings. The molecular formula is C15H26N2O. The number of likely N-dealkylation sites (N-methyl/N-ethyl adjacent to an activating group) is 1. The van der Waals surface area contributed by atoms with Crippen molar-refractivity contribution in [2.24, 2.45) is 0 Å². The fourth-order valence-corrected chi connectivity index (χ4v) is 2.22. The molecule has 0 bridgehead atoms. The van der Waals surface area contributed by atoms with E-state index in [1.54, 1.807) is 7.11 Å². The maximum atomic E-state index is 5.44. The van der Waals surface area contributed by atoms with Gasteiger partial charge in [-0.1, -0.05) is 13.0 Å². The van der Waals surface area contributed by atoms with E-state index < -0.39 is 0 Å². The van der Waals surface area contributed by atoms with E-state index in [1.807, 2.05) is 0 Å². The molecule has 0 aliphatic carbocycles. The normalized spacial score (nSPS) is 10.7. The molecule has 1 aromatic carbocycles.